The predicted molar refractivity (Wildman–Crippen MR) is 65.4 cm³/mol. The second-order valence-electron chi connectivity index (χ2n) is 4.94. The Balaban J connectivity index is 3.40. The third-order valence-electron chi connectivity index (χ3n) is 3.40. The van der Waals surface area contributed by atoms with Crippen LogP contribution in [-0.4, -0.2) is 6.04 Å². The summed E-state index contributed by atoms with van der Waals surface area (Å²) in [5.74, 6) is 1.76. The van der Waals surface area contributed by atoms with E-state index in [9.17, 15) is 0 Å². The monoisotopic (exact) mass is 199 g/mol. The molecule has 0 fully saturated rings. The summed E-state index contributed by atoms with van der Waals surface area (Å²) in [7, 11) is 0. The van der Waals surface area contributed by atoms with Crippen molar-refractivity contribution in [3.63, 3.8) is 0 Å². The molecule has 0 radical (unpaired) electrons. The first-order chi connectivity index (χ1) is 6.60. The van der Waals surface area contributed by atoms with Gasteiger partial charge in [0.05, 0.1) is 0 Å². The molecule has 0 spiro atoms. The van der Waals surface area contributed by atoms with Crippen LogP contribution < -0.4 is 5.73 Å². The normalized spacial score (nSPS) is 17.8. The number of rotatable bonds is 8. The molecule has 0 saturated heterocycles. The first kappa shape index (κ1) is 14.0. The topological polar surface area (TPSA) is 26.0 Å². The molecule has 0 aliphatic carbocycles. The lowest BCUT2D eigenvalue weighted by Gasteiger charge is -2.16. The van der Waals surface area contributed by atoms with Crippen LogP contribution in [0.1, 0.15) is 66.2 Å². The van der Waals surface area contributed by atoms with Gasteiger partial charge in [-0.2, -0.15) is 0 Å². The highest BCUT2D eigenvalue weighted by atomic mass is 14.6. The van der Waals surface area contributed by atoms with Crippen molar-refractivity contribution in [3.05, 3.63) is 0 Å². The van der Waals surface area contributed by atoms with E-state index in [-0.39, 0.29) is 0 Å². The molecule has 0 saturated carbocycles. The van der Waals surface area contributed by atoms with Gasteiger partial charge in [-0.15, -0.1) is 0 Å². The molecule has 0 rings (SSSR count). The minimum atomic E-state index is 0.432. The first-order valence-corrected chi connectivity index (χ1v) is 6.35. The molecule has 0 aliphatic rings. The van der Waals surface area contributed by atoms with Crippen LogP contribution in [0.25, 0.3) is 0 Å². The molecule has 3 atom stereocenters. The third kappa shape index (κ3) is 7.37. The summed E-state index contributed by atoms with van der Waals surface area (Å²) in [6.07, 6.45) is 7.73. The molecule has 0 bridgehead atoms. The van der Waals surface area contributed by atoms with Crippen molar-refractivity contribution in [2.45, 2.75) is 72.3 Å². The Hall–Kier alpha value is -0.0400. The van der Waals surface area contributed by atoms with Gasteiger partial charge in [0.25, 0.3) is 0 Å². The van der Waals surface area contributed by atoms with Gasteiger partial charge >= 0.3 is 0 Å². The van der Waals surface area contributed by atoms with Crippen molar-refractivity contribution in [2.75, 3.05) is 0 Å². The fraction of sp³-hybridized carbons (Fsp3) is 1.00. The highest BCUT2D eigenvalue weighted by Crippen LogP contribution is 2.19. The smallest absolute Gasteiger partial charge is 0.00363 e. The van der Waals surface area contributed by atoms with Crippen LogP contribution in [-0.2, 0) is 0 Å². The number of hydrogen-bond donors (Lipinski definition) is 1. The summed E-state index contributed by atoms with van der Waals surface area (Å²) < 4.78 is 0. The van der Waals surface area contributed by atoms with Crippen molar-refractivity contribution in [1.82, 2.24) is 0 Å². The van der Waals surface area contributed by atoms with Gasteiger partial charge in [0.1, 0.15) is 0 Å². The van der Waals surface area contributed by atoms with E-state index in [1.165, 1.54) is 32.1 Å². The molecular weight excluding hydrogens is 170 g/mol. The van der Waals surface area contributed by atoms with Crippen LogP contribution >= 0.6 is 0 Å². The molecule has 0 amide bonds. The Morgan fingerprint density at radius 2 is 1.29 bits per heavy atom. The lowest BCUT2D eigenvalue weighted by atomic mass is 9.92. The fourth-order valence-corrected chi connectivity index (χ4v) is 1.62. The molecule has 0 aromatic rings. The van der Waals surface area contributed by atoms with Crippen LogP contribution in [0.15, 0.2) is 0 Å². The average Bonchev–Trinajstić information content (AvgIpc) is 2.22. The van der Waals surface area contributed by atoms with Gasteiger partial charge in [-0.05, 0) is 31.1 Å². The SMILES string of the molecule is CCC(C)CCC(C)CC[C@@H](N)CC. The van der Waals surface area contributed by atoms with Crippen molar-refractivity contribution in [3.8, 4) is 0 Å². The molecule has 0 aromatic carbocycles. The van der Waals surface area contributed by atoms with Crippen molar-refractivity contribution in [1.29, 1.82) is 0 Å². The average molecular weight is 199 g/mol. The summed E-state index contributed by atoms with van der Waals surface area (Å²) in [6.45, 7) is 9.17. The molecule has 86 valence electrons. The zero-order chi connectivity index (χ0) is 11.0. The largest absolute Gasteiger partial charge is 0.328 e. The van der Waals surface area contributed by atoms with Gasteiger partial charge in [-0.1, -0.05) is 47.0 Å². The van der Waals surface area contributed by atoms with E-state index in [4.69, 9.17) is 5.73 Å². The van der Waals surface area contributed by atoms with Gasteiger partial charge in [0, 0.05) is 6.04 Å². The number of hydrogen-bond acceptors (Lipinski definition) is 1. The zero-order valence-electron chi connectivity index (χ0n) is 10.6. The lowest BCUT2D eigenvalue weighted by molar-refractivity contribution is 0.385. The van der Waals surface area contributed by atoms with Crippen LogP contribution in [0.2, 0.25) is 0 Å². The van der Waals surface area contributed by atoms with Crippen LogP contribution in [0.3, 0.4) is 0 Å². The quantitative estimate of drug-likeness (QED) is 0.629. The fourth-order valence-electron chi connectivity index (χ4n) is 1.62. The summed E-state index contributed by atoms with van der Waals surface area (Å²) in [5.41, 5.74) is 5.90. The van der Waals surface area contributed by atoms with Crippen molar-refractivity contribution in [2.24, 2.45) is 17.6 Å². The minimum absolute atomic E-state index is 0.432. The van der Waals surface area contributed by atoms with Crippen LogP contribution in [0.4, 0.5) is 0 Å². The first-order valence-electron chi connectivity index (χ1n) is 6.35. The van der Waals surface area contributed by atoms with Gasteiger partial charge in [0.2, 0.25) is 0 Å². The Kier molecular flexibility index (Phi) is 8.26. The molecule has 0 aliphatic heterocycles. The standard InChI is InChI=1S/C13H29N/c1-5-11(3)7-8-12(4)9-10-13(14)6-2/h11-13H,5-10,14H2,1-4H3/t11?,12?,13-/m0/s1. The summed E-state index contributed by atoms with van der Waals surface area (Å²) >= 11 is 0. The summed E-state index contributed by atoms with van der Waals surface area (Å²) in [4.78, 5) is 0. The molecule has 1 heteroatoms. The number of nitrogens with two attached hydrogens (primary N) is 1. The lowest BCUT2D eigenvalue weighted by Crippen LogP contribution is -2.19. The summed E-state index contributed by atoms with van der Waals surface area (Å²) in [5, 5.41) is 0. The van der Waals surface area contributed by atoms with E-state index in [0.29, 0.717) is 6.04 Å². The molecule has 14 heavy (non-hydrogen) atoms. The van der Waals surface area contributed by atoms with Crippen LogP contribution in [0.5, 0.6) is 0 Å². The van der Waals surface area contributed by atoms with Gasteiger partial charge < -0.3 is 5.73 Å². The van der Waals surface area contributed by atoms with E-state index in [2.05, 4.69) is 27.7 Å². The maximum Gasteiger partial charge on any atom is 0.00363 e. The van der Waals surface area contributed by atoms with E-state index in [1.54, 1.807) is 0 Å². The molecule has 0 heterocycles. The Morgan fingerprint density at radius 3 is 1.79 bits per heavy atom. The highest BCUT2D eigenvalue weighted by Gasteiger charge is 2.07. The molecule has 2 N–H and O–H groups in total. The molecule has 2 unspecified atom stereocenters. The van der Waals surface area contributed by atoms with Crippen LogP contribution in [0, 0.1) is 11.8 Å². The van der Waals surface area contributed by atoms with E-state index in [0.717, 1.165) is 18.3 Å². The van der Waals surface area contributed by atoms with Gasteiger partial charge in [-0.25, -0.2) is 0 Å². The summed E-state index contributed by atoms with van der Waals surface area (Å²) in [6, 6.07) is 0.432. The second-order valence-corrected chi connectivity index (χ2v) is 4.94. The Bertz CT molecular complexity index is 108. The molecule has 0 aromatic heterocycles. The van der Waals surface area contributed by atoms with E-state index in [1.807, 2.05) is 0 Å². The van der Waals surface area contributed by atoms with E-state index < -0.39 is 0 Å². The second kappa shape index (κ2) is 8.28. The Morgan fingerprint density at radius 1 is 0.786 bits per heavy atom. The van der Waals surface area contributed by atoms with Crippen molar-refractivity contribution < 1.29 is 0 Å². The highest BCUT2D eigenvalue weighted by molar-refractivity contribution is 4.63. The third-order valence-corrected chi connectivity index (χ3v) is 3.40. The molecule has 1 nitrogen and oxygen atoms in total. The maximum absolute atomic E-state index is 5.90. The van der Waals surface area contributed by atoms with E-state index >= 15 is 0 Å². The Labute approximate surface area is 90.5 Å². The van der Waals surface area contributed by atoms with Gasteiger partial charge in [0.15, 0.2) is 0 Å². The molecular formula is C13H29N. The predicted octanol–water partition coefficient (Wildman–Crippen LogP) is 3.97. The van der Waals surface area contributed by atoms with Crippen molar-refractivity contribution >= 4 is 0 Å². The maximum atomic E-state index is 5.90. The zero-order valence-corrected chi connectivity index (χ0v) is 10.6. The minimum Gasteiger partial charge on any atom is -0.328 e. The van der Waals surface area contributed by atoms with Gasteiger partial charge in [-0.3, -0.25) is 0 Å².